The van der Waals surface area contributed by atoms with E-state index in [0.29, 0.717) is 25.7 Å². The van der Waals surface area contributed by atoms with E-state index in [1.54, 1.807) is 19.4 Å². The number of hydrogen-bond donors (Lipinski definition) is 1. The van der Waals surface area contributed by atoms with Gasteiger partial charge in [0.05, 0.1) is 31.3 Å². The van der Waals surface area contributed by atoms with Crippen LogP contribution in [0.3, 0.4) is 0 Å². The van der Waals surface area contributed by atoms with Crippen molar-refractivity contribution in [1.29, 1.82) is 0 Å². The van der Waals surface area contributed by atoms with Crippen molar-refractivity contribution in [3.63, 3.8) is 0 Å². The Balaban J connectivity index is 1.58. The number of hydrogen-bond acceptors (Lipinski definition) is 7. The number of cyclic esters (lactones) is 1. The second-order valence-electron chi connectivity index (χ2n) is 9.20. The number of esters is 1. The molecule has 5 rings (SSSR count). The Labute approximate surface area is 173 Å². The molecule has 2 heterocycles. The van der Waals surface area contributed by atoms with Crippen LogP contribution in [0.2, 0.25) is 0 Å². The minimum atomic E-state index is -0.972. The first kappa shape index (κ1) is 19.2. The van der Waals surface area contributed by atoms with Crippen molar-refractivity contribution in [2.45, 2.75) is 44.8 Å². The van der Waals surface area contributed by atoms with Crippen LogP contribution in [0.4, 0.5) is 4.79 Å². The molecule has 2 N–H and O–H groups in total. The number of primary amides is 1. The number of nitrogens with two attached hydrogens (primary N) is 1. The Bertz CT molecular complexity index is 937. The molecule has 30 heavy (non-hydrogen) atoms. The van der Waals surface area contributed by atoms with Gasteiger partial charge in [-0.05, 0) is 36.8 Å². The standard InChI is InChI=1S/C22H25NO7/c1-21-8-15(11-4-6-28-10-11)29-19(25)12(21)3-5-22-9-16(27-2)13(22)7-14(30-20(23)26)17(24)18(21)22/h4,6,9-10,12-15,18H,3,5,7-8H2,1-2H3,(H2,23,26)/t12-,13-,14-,15-,18+,21-,22+/m0/s1. The van der Waals surface area contributed by atoms with E-state index < -0.39 is 41.0 Å². The molecule has 160 valence electrons. The van der Waals surface area contributed by atoms with Gasteiger partial charge in [-0.25, -0.2) is 4.79 Å². The number of methoxy groups -OCH3 is 1. The predicted molar refractivity (Wildman–Crippen MR) is 102 cm³/mol. The highest BCUT2D eigenvalue weighted by molar-refractivity contribution is 5.92. The highest BCUT2D eigenvalue weighted by atomic mass is 16.6. The van der Waals surface area contributed by atoms with Gasteiger partial charge in [-0.2, -0.15) is 0 Å². The lowest BCUT2D eigenvalue weighted by molar-refractivity contribution is -0.205. The van der Waals surface area contributed by atoms with Crippen molar-refractivity contribution >= 4 is 17.8 Å². The van der Waals surface area contributed by atoms with E-state index >= 15 is 0 Å². The van der Waals surface area contributed by atoms with Crippen molar-refractivity contribution < 1.29 is 33.0 Å². The van der Waals surface area contributed by atoms with Crippen LogP contribution in [-0.2, 0) is 23.8 Å². The van der Waals surface area contributed by atoms with E-state index in [-0.39, 0.29) is 17.7 Å². The zero-order valence-electron chi connectivity index (χ0n) is 17.0. The van der Waals surface area contributed by atoms with Crippen LogP contribution in [-0.4, -0.2) is 31.1 Å². The minimum Gasteiger partial charge on any atom is -0.501 e. The molecule has 1 aromatic heterocycles. The summed E-state index contributed by atoms with van der Waals surface area (Å²) in [6, 6.07) is 1.77. The summed E-state index contributed by atoms with van der Waals surface area (Å²) in [6.07, 6.45) is 4.94. The molecule has 4 aliphatic rings. The van der Waals surface area contributed by atoms with Crippen molar-refractivity contribution in [1.82, 2.24) is 0 Å². The second-order valence-corrected chi connectivity index (χ2v) is 9.20. The molecule has 8 nitrogen and oxygen atoms in total. The fourth-order valence-corrected chi connectivity index (χ4v) is 6.69. The van der Waals surface area contributed by atoms with Crippen molar-refractivity contribution in [3.8, 4) is 0 Å². The van der Waals surface area contributed by atoms with Gasteiger partial charge in [-0.1, -0.05) is 6.92 Å². The summed E-state index contributed by atoms with van der Waals surface area (Å²) in [6.45, 7) is 2.00. The highest BCUT2D eigenvalue weighted by Crippen LogP contribution is 2.70. The van der Waals surface area contributed by atoms with Gasteiger partial charge in [-0.15, -0.1) is 0 Å². The molecule has 1 amide bonds. The summed E-state index contributed by atoms with van der Waals surface area (Å²) in [7, 11) is 1.61. The van der Waals surface area contributed by atoms with Crippen LogP contribution >= 0.6 is 0 Å². The molecule has 0 unspecified atom stereocenters. The van der Waals surface area contributed by atoms with Gasteiger partial charge in [0.25, 0.3) is 0 Å². The normalized spacial score (nSPS) is 41.9. The largest absolute Gasteiger partial charge is 0.501 e. The van der Waals surface area contributed by atoms with Gasteiger partial charge in [0.15, 0.2) is 11.9 Å². The Morgan fingerprint density at radius 2 is 2.10 bits per heavy atom. The van der Waals surface area contributed by atoms with Crippen LogP contribution < -0.4 is 5.73 Å². The summed E-state index contributed by atoms with van der Waals surface area (Å²) < 4.78 is 21.7. The lowest BCUT2D eigenvalue weighted by Gasteiger charge is -2.64. The topological polar surface area (TPSA) is 118 Å². The molecule has 1 aliphatic heterocycles. The smallest absolute Gasteiger partial charge is 0.405 e. The first-order valence-electron chi connectivity index (χ1n) is 10.3. The summed E-state index contributed by atoms with van der Waals surface area (Å²) in [5.74, 6) is -0.581. The predicted octanol–water partition coefficient (Wildman–Crippen LogP) is 2.88. The average molecular weight is 415 g/mol. The van der Waals surface area contributed by atoms with Gasteiger partial charge in [0.2, 0.25) is 0 Å². The van der Waals surface area contributed by atoms with E-state index in [1.165, 1.54) is 6.26 Å². The third-order valence-electron chi connectivity index (χ3n) is 7.89. The molecule has 0 radical (unpaired) electrons. The van der Waals surface area contributed by atoms with Crippen molar-refractivity contribution in [2.75, 3.05) is 7.11 Å². The number of furan rings is 1. The van der Waals surface area contributed by atoms with E-state index in [4.69, 9.17) is 24.4 Å². The number of amides is 1. The van der Waals surface area contributed by atoms with Crippen LogP contribution in [0, 0.1) is 28.6 Å². The molecule has 0 bridgehead atoms. The third-order valence-corrected chi connectivity index (χ3v) is 7.89. The maximum atomic E-state index is 13.7. The first-order valence-corrected chi connectivity index (χ1v) is 10.3. The minimum absolute atomic E-state index is 0.0438. The second kappa shape index (κ2) is 6.36. The Hall–Kier alpha value is -2.77. The Morgan fingerprint density at radius 3 is 2.77 bits per heavy atom. The molecular weight excluding hydrogens is 390 g/mol. The molecule has 7 atom stereocenters. The van der Waals surface area contributed by atoms with Gasteiger partial charge in [0, 0.05) is 29.2 Å². The molecule has 1 aromatic rings. The van der Waals surface area contributed by atoms with Crippen LogP contribution in [0.1, 0.15) is 44.3 Å². The SMILES string of the molecule is COC1=C[C@@]23CC[C@H]4C(=O)O[C@H](c5ccoc5)C[C@]4(C)[C@H]2C(=O)[C@@H](OC(N)=O)C[C@@H]13. The van der Waals surface area contributed by atoms with Crippen LogP contribution in [0.25, 0.3) is 0 Å². The van der Waals surface area contributed by atoms with E-state index in [9.17, 15) is 14.4 Å². The number of rotatable bonds is 3. The molecule has 1 saturated heterocycles. The summed E-state index contributed by atoms with van der Waals surface area (Å²) in [5, 5.41) is 0. The summed E-state index contributed by atoms with van der Waals surface area (Å²) in [4.78, 5) is 38.1. The van der Waals surface area contributed by atoms with Gasteiger partial charge in [-0.3, -0.25) is 9.59 Å². The molecule has 0 aromatic carbocycles. The molecule has 2 saturated carbocycles. The van der Waals surface area contributed by atoms with Crippen LogP contribution in [0.5, 0.6) is 0 Å². The molecule has 3 fully saturated rings. The number of allylic oxidation sites excluding steroid dienone is 2. The molecule has 1 spiro atoms. The highest BCUT2D eigenvalue weighted by Gasteiger charge is 2.70. The van der Waals surface area contributed by atoms with Gasteiger partial charge in [0.1, 0.15) is 6.10 Å². The van der Waals surface area contributed by atoms with Crippen molar-refractivity contribution in [2.24, 2.45) is 34.3 Å². The van der Waals surface area contributed by atoms with E-state index in [2.05, 4.69) is 6.08 Å². The van der Waals surface area contributed by atoms with Crippen LogP contribution in [0.15, 0.2) is 34.8 Å². The number of fused-ring (bicyclic) bond motifs is 2. The number of ketones is 1. The number of carbonyl (C=O) groups excluding carboxylic acids is 3. The maximum Gasteiger partial charge on any atom is 0.405 e. The average Bonchev–Trinajstić information content (AvgIpc) is 3.21. The number of carbonyl (C=O) groups is 3. The van der Waals surface area contributed by atoms with E-state index in [1.807, 2.05) is 6.92 Å². The first-order chi connectivity index (χ1) is 14.3. The number of ether oxygens (including phenoxy) is 3. The lowest BCUT2D eigenvalue weighted by atomic mass is 9.39. The monoisotopic (exact) mass is 415 g/mol. The zero-order chi connectivity index (χ0) is 21.3. The molecular formula is C22H25NO7. The third kappa shape index (κ3) is 2.42. The summed E-state index contributed by atoms with van der Waals surface area (Å²) in [5.41, 5.74) is 4.97. The fourth-order valence-electron chi connectivity index (χ4n) is 6.69. The number of Topliss-reactive ketones (excluding diaryl/α,β-unsaturated/α-hetero) is 1. The lowest BCUT2D eigenvalue weighted by Crippen LogP contribution is -2.66. The summed E-state index contributed by atoms with van der Waals surface area (Å²) >= 11 is 0. The van der Waals surface area contributed by atoms with E-state index in [0.717, 1.165) is 11.3 Å². The Morgan fingerprint density at radius 1 is 1.30 bits per heavy atom. The van der Waals surface area contributed by atoms with Crippen molar-refractivity contribution in [3.05, 3.63) is 36.0 Å². The maximum absolute atomic E-state index is 13.7. The quantitative estimate of drug-likeness (QED) is 0.754. The Kier molecular flexibility index (Phi) is 4.07. The fraction of sp³-hybridized carbons (Fsp3) is 0.591. The van der Waals surface area contributed by atoms with Gasteiger partial charge >= 0.3 is 12.1 Å². The molecule has 8 heteroatoms. The molecule has 3 aliphatic carbocycles. The van der Waals surface area contributed by atoms with Gasteiger partial charge < -0.3 is 24.4 Å². The zero-order valence-corrected chi connectivity index (χ0v) is 17.0.